The molecule has 5 nitrogen and oxygen atoms in total. The fourth-order valence-corrected chi connectivity index (χ4v) is 6.02. The van der Waals surface area contributed by atoms with Crippen molar-refractivity contribution in [3.63, 3.8) is 0 Å². The maximum atomic E-state index is 12.6. The highest BCUT2D eigenvalue weighted by Crippen LogP contribution is 2.38. The first kappa shape index (κ1) is 17.2. The van der Waals surface area contributed by atoms with E-state index in [1.165, 1.54) is 0 Å². The van der Waals surface area contributed by atoms with Gasteiger partial charge in [0.15, 0.2) is 0 Å². The molecule has 0 amide bonds. The van der Waals surface area contributed by atoms with Gasteiger partial charge in [0.1, 0.15) is 0 Å². The Morgan fingerprint density at radius 1 is 1.29 bits per heavy atom. The lowest BCUT2D eigenvalue weighted by Gasteiger charge is -2.41. The van der Waals surface area contributed by atoms with Gasteiger partial charge in [0, 0.05) is 45.8 Å². The Bertz CT molecular complexity index is 443. The summed E-state index contributed by atoms with van der Waals surface area (Å²) in [6.45, 7) is 8.07. The lowest BCUT2D eigenvalue weighted by atomic mass is 9.79. The van der Waals surface area contributed by atoms with E-state index in [2.05, 4.69) is 6.92 Å². The van der Waals surface area contributed by atoms with Crippen LogP contribution in [0.1, 0.15) is 46.5 Å². The zero-order chi connectivity index (χ0) is 15.7. The van der Waals surface area contributed by atoms with Gasteiger partial charge in [-0.2, -0.15) is 4.31 Å². The Hall–Kier alpha value is -0.170. The van der Waals surface area contributed by atoms with Gasteiger partial charge in [-0.05, 0) is 32.6 Å². The van der Waals surface area contributed by atoms with E-state index in [0.717, 1.165) is 19.3 Å². The molecule has 2 rings (SSSR count). The van der Waals surface area contributed by atoms with Gasteiger partial charge in [-0.15, -0.1) is 0 Å². The Balaban J connectivity index is 2.07. The number of sulfonamides is 1. The fraction of sp³-hybridized carbons (Fsp3) is 1.00. The smallest absolute Gasteiger partial charge is 0.217 e. The second kappa shape index (κ2) is 6.52. The summed E-state index contributed by atoms with van der Waals surface area (Å²) in [5.41, 5.74) is -0.223. The van der Waals surface area contributed by atoms with Crippen molar-refractivity contribution in [2.24, 2.45) is 5.92 Å². The van der Waals surface area contributed by atoms with Gasteiger partial charge in [-0.3, -0.25) is 0 Å². The van der Waals surface area contributed by atoms with Crippen molar-refractivity contribution in [2.45, 2.75) is 63.3 Å². The highest BCUT2D eigenvalue weighted by molar-refractivity contribution is 7.90. The zero-order valence-corrected chi connectivity index (χ0v) is 14.5. The molecule has 0 aromatic carbocycles. The van der Waals surface area contributed by atoms with Crippen molar-refractivity contribution in [1.82, 2.24) is 4.31 Å². The quantitative estimate of drug-likeness (QED) is 0.778. The lowest BCUT2D eigenvalue weighted by molar-refractivity contribution is -0.121. The summed E-state index contributed by atoms with van der Waals surface area (Å²) in [5.74, 6) is 0.221. The summed E-state index contributed by atoms with van der Waals surface area (Å²) in [6, 6.07) is 0.0507. The lowest BCUT2D eigenvalue weighted by Crippen LogP contribution is -2.45. The Morgan fingerprint density at radius 2 is 1.90 bits per heavy atom. The molecule has 2 saturated heterocycles. The summed E-state index contributed by atoms with van der Waals surface area (Å²) in [7, 11) is -1.41. The van der Waals surface area contributed by atoms with Crippen LogP contribution in [0.2, 0.25) is 0 Å². The van der Waals surface area contributed by atoms with Crippen LogP contribution in [-0.2, 0) is 19.5 Å². The van der Waals surface area contributed by atoms with Gasteiger partial charge in [0.2, 0.25) is 10.0 Å². The van der Waals surface area contributed by atoms with E-state index in [1.807, 2.05) is 13.8 Å². The van der Waals surface area contributed by atoms with Crippen LogP contribution in [0.5, 0.6) is 0 Å². The van der Waals surface area contributed by atoms with Crippen LogP contribution in [0.15, 0.2) is 0 Å². The first-order chi connectivity index (χ1) is 9.83. The molecule has 124 valence electrons. The summed E-state index contributed by atoms with van der Waals surface area (Å²) in [4.78, 5) is 0. The SMILES string of the molecule is COC1(C(C)CC2CCN(C(C)C)S2(=O)=O)CCOCC1. The van der Waals surface area contributed by atoms with Gasteiger partial charge in [0.05, 0.1) is 10.9 Å². The third-order valence-electron chi connectivity index (χ3n) is 5.26. The second-order valence-electron chi connectivity index (χ2n) is 6.68. The largest absolute Gasteiger partial charge is 0.381 e. The molecule has 0 spiro atoms. The molecule has 2 heterocycles. The normalized spacial score (nSPS) is 30.6. The zero-order valence-electron chi connectivity index (χ0n) is 13.7. The molecule has 2 aliphatic rings. The van der Waals surface area contributed by atoms with Crippen LogP contribution in [0.25, 0.3) is 0 Å². The van der Waals surface area contributed by atoms with Crippen molar-refractivity contribution >= 4 is 10.0 Å². The van der Waals surface area contributed by atoms with E-state index in [4.69, 9.17) is 9.47 Å². The standard InChI is InChI=1S/C15H29NO4S/c1-12(2)16-8-5-14(21(16,17)18)11-13(3)15(19-4)6-9-20-10-7-15/h12-14H,5-11H2,1-4H3. The van der Waals surface area contributed by atoms with E-state index in [9.17, 15) is 8.42 Å². The van der Waals surface area contributed by atoms with Gasteiger partial charge < -0.3 is 9.47 Å². The summed E-state index contributed by atoms with van der Waals surface area (Å²) in [5, 5.41) is -0.259. The first-order valence-electron chi connectivity index (χ1n) is 7.97. The molecule has 2 aliphatic heterocycles. The highest BCUT2D eigenvalue weighted by atomic mass is 32.2. The number of rotatable bonds is 5. The van der Waals surface area contributed by atoms with Crippen molar-refractivity contribution in [3.8, 4) is 0 Å². The van der Waals surface area contributed by atoms with Crippen molar-refractivity contribution in [1.29, 1.82) is 0 Å². The van der Waals surface area contributed by atoms with Gasteiger partial charge in [-0.1, -0.05) is 6.92 Å². The summed E-state index contributed by atoms with van der Waals surface area (Å²) in [6.07, 6.45) is 3.12. The van der Waals surface area contributed by atoms with Crippen molar-refractivity contribution in [2.75, 3.05) is 26.9 Å². The molecule has 0 aliphatic carbocycles. The Labute approximate surface area is 129 Å². The molecule has 0 saturated carbocycles. The average Bonchev–Trinajstić information content (AvgIpc) is 2.74. The maximum absolute atomic E-state index is 12.6. The average molecular weight is 319 g/mol. The molecule has 6 heteroatoms. The molecule has 0 N–H and O–H groups in total. The predicted molar refractivity (Wildman–Crippen MR) is 82.7 cm³/mol. The number of nitrogens with zero attached hydrogens (tertiary/aromatic N) is 1. The fourth-order valence-electron chi connectivity index (χ4n) is 3.75. The molecule has 2 fully saturated rings. The van der Waals surface area contributed by atoms with Crippen molar-refractivity contribution in [3.05, 3.63) is 0 Å². The number of hydrogen-bond donors (Lipinski definition) is 0. The first-order valence-corrected chi connectivity index (χ1v) is 9.47. The van der Waals surface area contributed by atoms with E-state index < -0.39 is 10.0 Å². The van der Waals surface area contributed by atoms with Gasteiger partial charge in [0.25, 0.3) is 0 Å². The van der Waals surface area contributed by atoms with E-state index >= 15 is 0 Å². The molecular formula is C15H29NO4S. The van der Waals surface area contributed by atoms with Gasteiger partial charge >= 0.3 is 0 Å². The summed E-state index contributed by atoms with van der Waals surface area (Å²) >= 11 is 0. The number of ether oxygens (including phenoxy) is 2. The van der Waals surface area contributed by atoms with Crippen LogP contribution in [0.4, 0.5) is 0 Å². The third-order valence-corrected chi connectivity index (χ3v) is 7.78. The second-order valence-corrected chi connectivity index (χ2v) is 8.84. The topological polar surface area (TPSA) is 55.8 Å². The molecule has 0 aromatic heterocycles. The van der Waals surface area contributed by atoms with Crippen molar-refractivity contribution < 1.29 is 17.9 Å². The van der Waals surface area contributed by atoms with E-state index in [-0.39, 0.29) is 22.8 Å². The van der Waals surface area contributed by atoms with Crippen LogP contribution in [0.3, 0.4) is 0 Å². The molecule has 2 unspecified atom stereocenters. The van der Waals surface area contributed by atoms with E-state index in [0.29, 0.717) is 26.2 Å². The minimum atomic E-state index is -3.15. The monoisotopic (exact) mass is 319 g/mol. The predicted octanol–water partition coefficient (Wildman–Crippen LogP) is 2.02. The minimum Gasteiger partial charge on any atom is -0.381 e. The minimum absolute atomic E-state index is 0.0507. The number of hydrogen-bond acceptors (Lipinski definition) is 4. The third kappa shape index (κ3) is 3.28. The molecule has 2 atom stereocenters. The highest BCUT2D eigenvalue weighted by Gasteiger charge is 2.45. The Kier molecular flexibility index (Phi) is 5.34. The maximum Gasteiger partial charge on any atom is 0.217 e. The van der Waals surface area contributed by atoms with Gasteiger partial charge in [-0.25, -0.2) is 8.42 Å². The molecule has 0 bridgehead atoms. The Morgan fingerprint density at radius 3 is 2.38 bits per heavy atom. The van der Waals surface area contributed by atoms with Crippen LogP contribution in [0, 0.1) is 5.92 Å². The van der Waals surface area contributed by atoms with E-state index in [1.54, 1.807) is 11.4 Å². The van der Waals surface area contributed by atoms with Crippen LogP contribution in [-0.4, -0.2) is 56.5 Å². The molecular weight excluding hydrogens is 290 g/mol. The summed E-state index contributed by atoms with van der Waals surface area (Å²) < 4.78 is 38.1. The molecule has 0 radical (unpaired) electrons. The molecule has 0 aromatic rings. The van der Waals surface area contributed by atoms with Crippen LogP contribution < -0.4 is 0 Å². The van der Waals surface area contributed by atoms with Crippen LogP contribution >= 0.6 is 0 Å². The number of methoxy groups -OCH3 is 1. The molecule has 21 heavy (non-hydrogen) atoms.